The van der Waals surface area contributed by atoms with Crippen molar-refractivity contribution in [1.82, 2.24) is 0 Å². The average Bonchev–Trinajstić information content (AvgIpc) is 1.64. The molecule has 0 aliphatic heterocycles. The molecule has 0 radical (unpaired) electrons. The molecule has 4 heteroatoms. The molecule has 0 fully saturated rings. The molecular formula is C4H7ClNO2+. The van der Waals surface area contributed by atoms with Crippen LogP contribution in [0.15, 0.2) is 0 Å². The van der Waals surface area contributed by atoms with Crippen LogP contribution in [-0.2, 0) is 4.79 Å². The lowest BCUT2D eigenvalue weighted by molar-refractivity contribution is -0.461. The summed E-state index contributed by atoms with van der Waals surface area (Å²) < 4.78 is 1.32. The fraction of sp³-hybridized carbons (Fsp3) is 0.500. The molecule has 0 rings (SSSR count). The quantitative estimate of drug-likeness (QED) is 0.407. The van der Waals surface area contributed by atoms with Gasteiger partial charge < -0.3 is 5.11 Å². The normalized spacial score (nSPS) is 8.38. The molecule has 1 N–H and O–H groups in total. The van der Waals surface area contributed by atoms with Crippen LogP contribution in [0.1, 0.15) is 0 Å². The number of halogens is 1. The summed E-state index contributed by atoms with van der Waals surface area (Å²) in [6, 6.07) is 0. The second kappa shape index (κ2) is 2.67. The maximum Gasteiger partial charge on any atom is 0.413 e. The van der Waals surface area contributed by atoms with Gasteiger partial charge in [0.1, 0.15) is 14.1 Å². The molecule has 0 aromatic heterocycles. The number of carboxylic acid groups (broad SMARTS) is 1. The summed E-state index contributed by atoms with van der Waals surface area (Å²) in [6.45, 7) is 0. The minimum atomic E-state index is -1.10. The molecule has 0 atom stereocenters. The smallest absolute Gasteiger partial charge is 0.413 e. The van der Waals surface area contributed by atoms with E-state index in [1.54, 1.807) is 14.1 Å². The summed E-state index contributed by atoms with van der Waals surface area (Å²) in [5, 5.41) is 7.97. The van der Waals surface area contributed by atoms with Gasteiger partial charge >= 0.3 is 11.1 Å². The summed E-state index contributed by atoms with van der Waals surface area (Å²) >= 11 is 5.19. The van der Waals surface area contributed by atoms with Gasteiger partial charge in [-0.1, -0.05) is 0 Å². The molecule has 0 aliphatic carbocycles. The molecule has 0 saturated carbocycles. The molecule has 0 amide bonds. The van der Waals surface area contributed by atoms with Gasteiger partial charge in [0.15, 0.2) is 0 Å². The van der Waals surface area contributed by atoms with Crippen molar-refractivity contribution in [3.8, 4) is 0 Å². The van der Waals surface area contributed by atoms with Crippen molar-refractivity contribution < 1.29 is 14.5 Å². The minimum Gasteiger partial charge on any atom is -0.473 e. The molecule has 0 heterocycles. The van der Waals surface area contributed by atoms with E-state index in [0.717, 1.165) is 0 Å². The fourth-order valence-corrected chi connectivity index (χ4v) is 0.191. The van der Waals surface area contributed by atoms with Crippen LogP contribution in [0.2, 0.25) is 0 Å². The van der Waals surface area contributed by atoms with E-state index in [1.165, 1.54) is 4.58 Å². The van der Waals surface area contributed by atoms with Crippen molar-refractivity contribution in [1.29, 1.82) is 0 Å². The Balaban J connectivity index is 4.23. The zero-order valence-electron chi connectivity index (χ0n) is 4.68. The largest absolute Gasteiger partial charge is 0.473 e. The number of carboxylic acids is 1. The Bertz CT molecular complexity index is 137. The van der Waals surface area contributed by atoms with Gasteiger partial charge in [-0.2, -0.15) is 0 Å². The molecule has 3 nitrogen and oxygen atoms in total. The van der Waals surface area contributed by atoms with Gasteiger partial charge in [-0.15, -0.1) is 0 Å². The number of nitrogens with zero attached hydrogens (tertiary/aromatic N) is 1. The van der Waals surface area contributed by atoms with Crippen molar-refractivity contribution in [2.24, 2.45) is 0 Å². The molecular weight excluding hydrogens is 130 g/mol. The number of aliphatic carboxylic acids is 1. The van der Waals surface area contributed by atoms with Gasteiger partial charge in [-0.25, -0.2) is 9.37 Å². The van der Waals surface area contributed by atoms with Crippen LogP contribution in [0.5, 0.6) is 0 Å². The highest BCUT2D eigenvalue weighted by molar-refractivity contribution is 6.80. The second-order valence-electron chi connectivity index (χ2n) is 1.49. The Morgan fingerprint density at radius 1 is 1.62 bits per heavy atom. The van der Waals surface area contributed by atoms with Crippen molar-refractivity contribution in [3.63, 3.8) is 0 Å². The van der Waals surface area contributed by atoms with Crippen molar-refractivity contribution in [2.45, 2.75) is 0 Å². The Labute approximate surface area is 52.2 Å². The molecule has 0 spiro atoms. The SMILES string of the molecule is C[N+](C)=C(Cl)C(=O)O. The van der Waals surface area contributed by atoms with Crippen LogP contribution >= 0.6 is 11.6 Å². The van der Waals surface area contributed by atoms with Crippen LogP contribution in [0.3, 0.4) is 0 Å². The van der Waals surface area contributed by atoms with Gasteiger partial charge in [0.2, 0.25) is 0 Å². The topological polar surface area (TPSA) is 40.3 Å². The van der Waals surface area contributed by atoms with Gasteiger partial charge in [-0.3, -0.25) is 0 Å². The molecule has 0 saturated heterocycles. The Morgan fingerprint density at radius 3 is 2.00 bits per heavy atom. The van der Waals surface area contributed by atoms with Crippen LogP contribution < -0.4 is 0 Å². The van der Waals surface area contributed by atoms with Crippen molar-refractivity contribution in [2.75, 3.05) is 14.1 Å². The maximum atomic E-state index is 9.93. The van der Waals surface area contributed by atoms with E-state index in [1.807, 2.05) is 0 Å². The third-order valence-corrected chi connectivity index (χ3v) is 1.07. The lowest BCUT2D eigenvalue weighted by atomic mass is 10.7. The summed E-state index contributed by atoms with van der Waals surface area (Å²) in [4.78, 5) is 9.93. The molecule has 0 unspecified atom stereocenters. The van der Waals surface area contributed by atoms with E-state index in [0.29, 0.717) is 0 Å². The minimum absolute atomic E-state index is 0.176. The van der Waals surface area contributed by atoms with Gasteiger partial charge in [0, 0.05) is 0 Å². The molecule has 8 heavy (non-hydrogen) atoms. The lowest BCUT2D eigenvalue weighted by Crippen LogP contribution is -2.16. The van der Waals surface area contributed by atoms with Gasteiger partial charge in [-0.05, 0) is 11.6 Å². The molecule has 46 valence electrons. The van der Waals surface area contributed by atoms with Gasteiger partial charge in [0.25, 0.3) is 0 Å². The van der Waals surface area contributed by atoms with Crippen LogP contribution in [0.4, 0.5) is 0 Å². The Hall–Kier alpha value is -0.570. The zero-order valence-corrected chi connectivity index (χ0v) is 5.44. The summed E-state index contributed by atoms with van der Waals surface area (Å²) in [7, 11) is 3.13. The molecule has 0 aromatic rings. The second-order valence-corrected chi connectivity index (χ2v) is 1.85. The van der Waals surface area contributed by atoms with Crippen LogP contribution in [-0.4, -0.2) is 34.9 Å². The predicted molar refractivity (Wildman–Crippen MR) is 30.6 cm³/mol. The predicted octanol–water partition coefficient (Wildman–Crippen LogP) is -0.0196. The highest BCUT2D eigenvalue weighted by Crippen LogP contribution is 1.80. The van der Waals surface area contributed by atoms with E-state index in [4.69, 9.17) is 16.7 Å². The standard InChI is InChI=1S/C4H6ClNO2/c1-6(2)3(5)4(7)8/h1-2H3/p+1. The maximum absolute atomic E-state index is 9.93. The Morgan fingerprint density at radius 2 is 2.00 bits per heavy atom. The van der Waals surface area contributed by atoms with Crippen LogP contribution in [0, 0.1) is 0 Å². The summed E-state index contributed by atoms with van der Waals surface area (Å²) in [5.41, 5.74) is 0. The van der Waals surface area contributed by atoms with Crippen LogP contribution in [0.25, 0.3) is 0 Å². The average molecular weight is 137 g/mol. The third kappa shape index (κ3) is 1.93. The highest BCUT2D eigenvalue weighted by atomic mass is 35.5. The first-order valence-corrected chi connectivity index (χ1v) is 2.36. The number of hydrogen-bond acceptors (Lipinski definition) is 1. The number of carbonyl (C=O) groups is 1. The number of hydrogen-bond donors (Lipinski definition) is 1. The number of rotatable bonds is 1. The Kier molecular flexibility index (Phi) is 2.48. The van der Waals surface area contributed by atoms with Gasteiger partial charge in [0.05, 0.1) is 0 Å². The summed E-state index contributed by atoms with van der Waals surface area (Å²) in [6.07, 6.45) is 0. The van der Waals surface area contributed by atoms with E-state index >= 15 is 0 Å². The van der Waals surface area contributed by atoms with E-state index < -0.39 is 5.97 Å². The van der Waals surface area contributed by atoms with E-state index in [-0.39, 0.29) is 5.17 Å². The first kappa shape index (κ1) is 7.43. The first-order chi connectivity index (χ1) is 3.55. The first-order valence-electron chi connectivity index (χ1n) is 1.98. The lowest BCUT2D eigenvalue weighted by Gasteiger charge is -1.84. The molecule has 0 aliphatic rings. The fourth-order valence-electron chi connectivity index (χ4n) is 0.191. The molecule has 0 aromatic carbocycles. The van der Waals surface area contributed by atoms with Crippen molar-refractivity contribution >= 4 is 22.7 Å². The third-order valence-electron chi connectivity index (χ3n) is 0.569. The monoisotopic (exact) mass is 136 g/mol. The zero-order chi connectivity index (χ0) is 6.73. The summed E-state index contributed by atoms with van der Waals surface area (Å²) in [5.74, 6) is -1.10. The highest BCUT2D eigenvalue weighted by Gasteiger charge is 2.12. The van der Waals surface area contributed by atoms with Crippen molar-refractivity contribution in [3.05, 3.63) is 0 Å². The van der Waals surface area contributed by atoms with E-state index in [9.17, 15) is 4.79 Å². The van der Waals surface area contributed by atoms with E-state index in [2.05, 4.69) is 0 Å². The molecule has 0 bridgehead atoms.